The van der Waals surface area contributed by atoms with Crippen LogP contribution in [-0.4, -0.2) is 31.7 Å². The number of anilines is 3. The molecule has 0 amide bonds. The largest absolute Gasteiger partial charge is 0.456 e. The van der Waals surface area contributed by atoms with Gasteiger partial charge in [-0.3, -0.25) is 5.10 Å². The van der Waals surface area contributed by atoms with Crippen molar-refractivity contribution in [3.05, 3.63) is 47.0 Å². The third-order valence-corrected chi connectivity index (χ3v) is 5.21. The minimum absolute atomic E-state index is 0.313. The molecule has 0 atom stereocenters. The SMILES string of the molecule is Cc1cc(Nc2nc(-c3scc(C(=O)OC(C)(C)C)c3N)nc3ccccc23)[nH]n1. The second-order valence-corrected chi connectivity index (χ2v) is 8.73. The maximum Gasteiger partial charge on any atom is 0.341 e. The van der Waals surface area contributed by atoms with Gasteiger partial charge in [-0.1, -0.05) is 12.1 Å². The molecule has 4 rings (SSSR count). The summed E-state index contributed by atoms with van der Waals surface area (Å²) in [6.07, 6.45) is 0. The molecule has 0 spiro atoms. The molecule has 3 heterocycles. The Morgan fingerprint density at radius 2 is 2.00 bits per heavy atom. The minimum atomic E-state index is -0.607. The molecular weight excluding hydrogens is 400 g/mol. The zero-order valence-electron chi connectivity index (χ0n) is 17.1. The highest BCUT2D eigenvalue weighted by molar-refractivity contribution is 7.14. The van der Waals surface area contributed by atoms with E-state index in [0.29, 0.717) is 27.8 Å². The fraction of sp³-hybridized carbons (Fsp3) is 0.238. The Morgan fingerprint density at radius 1 is 1.23 bits per heavy atom. The van der Waals surface area contributed by atoms with Crippen molar-refractivity contribution in [3.8, 4) is 10.7 Å². The molecule has 0 unspecified atom stereocenters. The Morgan fingerprint density at radius 3 is 2.70 bits per heavy atom. The van der Waals surface area contributed by atoms with E-state index in [1.807, 2.05) is 58.0 Å². The van der Waals surface area contributed by atoms with Gasteiger partial charge in [-0.05, 0) is 39.8 Å². The number of esters is 1. The Kier molecular flexibility index (Phi) is 4.90. The first-order valence-corrected chi connectivity index (χ1v) is 10.3. The van der Waals surface area contributed by atoms with Crippen LogP contribution in [0.2, 0.25) is 0 Å². The second kappa shape index (κ2) is 7.42. The number of benzene rings is 1. The van der Waals surface area contributed by atoms with Gasteiger partial charge in [0.2, 0.25) is 0 Å². The van der Waals surface area contributed by atoms with E-state index >= 15 is 0 Å². The molecule has 4 aromatic rings. The summed E-state index contributed by atoms with van der Waals surface area (Å²) in [7, 11) is 0. The van der Waals surface area contributed by atoms with Gasteiger partial charge in [0.1, 0.15) is 17.2 Å². The van der Waals surface area contributed by atoms with E-state index in [4.69, 9.17) is 15.5 Å². The predicted molar refractivity (Wildman–Crippen MR) is 119 cm³/mol. The van der Waals surface area contributed by atoms with Gasteiger partial charge in [0.15, 0.2) is 5.82 Å². The van der Waals surface area contributed by atoms with Crippen LogP contribution < -0.4 is 11.1 Å². The lowest BCUT2D eigenvalue weighted by Crippen LogP contribution is -2.24. The number of para-hydroxylation sites is 1. The van der Waals surface area contributed by atoms with Crippen molar-refractivity contribution < 1.29 is 9.53 Å². The quantitative estimate of drug-likeness (QED) is 0.409. The molecule has 4 N–H and O–H groups in total. The van der Waals surface area contributed by atoms with E-state index in [1.165, 1.54) is 11.3 Å². The summed E-state index contributed by atoms with van der Waals surface area (Å²) < 4.78 is 5.45. The molecule has 0 aliphatic carbocycles. The monoisotopic (exact) mass is 422 g/mol. The normalized spacial score (nSPS) is 11.6. The molecule has 0 saturated heterocycles. The number of carbonyl (C=O) groups is 1. The van der Waals surface area contributed by atoms with Gasteiger partial charge >= 0.3 is 5.97 Å². The van der Waals surface area contributed by atoms with Crippen LogP contribution in [0.1, 0.15) is 36.8 Å². The number of ether oxygens (including phenoxy) is 1. The maximum absolute atomic E-state index is 12.5. The Balaban J connectivity index is 1.77. The molecule has 0 aliphatic rings. The van der Waals surface area contributed by atoms with Crippen molar-refractivity contribution in [2.75, 3.05) is 11.1 Å². The second-order valence-electron chi connectivity index (χ2n) is 7.86. The van der Waals surface area contributed by atoms with E-state index in [2.05, 4.69) is 20.5 Å². The molecule has 8 nitrogen and oxygen atoms in total. The van der Waals surface area contributed by atoms with Crippen LogP contribution in [0.15, 0.2) is 35.7 Å². The van der Waals surface area contributed by atoms with Crippen molar-refractivity contribution in [2.45, 2.75) is 33.3 Å². The van der Waals surface area contributed by atoms with E-state index in [9.17, 15) is 4.79 Å². The molecule has 0 aliphatic heterocycles. The summed E-state index contributed by atoms with van der Waals surface area (Å²) >= 11 is 1.31. The number of aromatic nitrogens is 4. The van der Waals surface area contributed by atoms with Gasteiger partial charge in [-0.2, -0.15) is 5.10 Å². The lowest BCUT2D eigenvalue weighted by molar-refractivity contribution is 0.00714. The maximum atomic E-state index is 12.5. The molecule has 0 saturated carbocycles. The molecule has 3 aromatic heterocycles. The first-order chi connectivity index (χ1) is 14.2. The lowest BCUT2D eigenvalue weighted by Gasteiger charge is -2.19. The lowest BCUT2D eigenvalue weighted by atomic mass is 10.2. The van der Waals surface area contributed by atoms with Crippen LogP contribution in [0.4, 0.5) is 17.3 Å². The first-order valence-electron chi connectivity index (χ1n) is 9.38. The van der Waals surface area contributed by atoms with Gasteiger partial charge in [-0.25, -0.2) is 14.8 Å². The number of rotatable bonds is 4. The Bertz CT molecular complexity index is 1240. The number of aromatic amines is 1. The topological polar surface area (TPSA) is 119 Å². The van der Waals surface area contributed by atoms with E-state index in [1.54, 1.807) is 5.38 Å². The van der Waals surface area contributed by atoms with Crippen molar-refractivity contribution in [2.24, 2.45) is 0 Å². The van der Waals surface area contributed by atoms with Crippen LogP contribution in [0.5, 0.6) is 0 Å². The van der Waals surface area contributed by atoms with E-state index in [0.717, 1.165) is 22.4 Å². The summed E-state index contributed by atoms with van der Waals surface area (Å²) in [6.45, 7) is 7.34. The summed E-state index contributed by atoms with van der Waals surface area (Å²) in [4.78, 5) is 22.5. The minimum Gasteiger partial charge on any atom is -0.456 e. The van der Waals surface area contributed by atoms with Crippen LogP contribution >= 0.6 is 11.3 Å². The van der Waals surface area contributed by atoms with Gasteiger partial charge in [-0.15, -0.1) is 11.3 Å². The highest BCUT2D eigenvalue weighted by Crippen LogP contribution is 2.36. The van der Waals surface area contributed by atoms with Crippen LogP contribution in [-0.2, 0) is 4.74 Å². The number of H-pyrrole nitrogens is 1. The number of hydrogen-bond acceptors (Lipinski definition) is 8. The number of thiophene rings is 1. The Labute approximate surface area is 177 Å². The van der Waals surface area contributed by atoms with Gasteiger partial charge in [0, 0.05) is 16.8 Å². The van der Waals surface area contributed by atoms with E-state index < -0.39 is 11.6 Å². The zero-order valence-corrected chi connectivity index (χ0v) is 17.9. The predicted octanol–water partition coefficient (Wildman–Crippen LogP) is 4.67. The molecule has 0 radical (unpaired) electrons. The zero-order chi connectivity index (χ0) is 21.5. The van der Waals surface area contributed by atoms with Crippen molar-refractivity contribution in [1.82, 2.24) is 20.2 Å². The number of nitrogen functional groups attached to an aromatic ring is 1. The van der Waals surface area contributed by atoms with Gasteiger partial charge in [0.25, 0.3) is 0 Å². The van der Waals surface area contributed by atoms with Crippen LogP contribution in [0.25, 0.3) is 21.6 Å². The van der Waals surface area contributed by atoms with Gasteiger partial charge in [0.05, 0.1) is 27.3 Å². The number of hydrogen-bond donors (Lipinski definition) is 3. The standard InChI is InChI=1S/C21H22N6O2S/c1-11-9-15(27-26-11)24-18-12-7-5-6-8-14(12)23-19(25-18)17-16(22)13(10-30-17)20(28)29-21(2,3)4/h5-10H,22H2,1-4H3,(H2,23,24,25,26,27). The number of nitrogens with zero attached hydrogens (tertiary/aromatic N) is 3. The highest BCUT2D eigenvalue weighted by atomic mass is 32.1. The average Bonchev–Trinajstić information content (AvgIpc) is 3.25. The van der Waals surface area contributed by atoms with Crippen LogP contribution in [0.3, 0.4) is 0 Å². The molecule has 0 bridgehead atoms. The summed E-state index contributed by atoms with van der Waals surface area (Å²) in [6, 6.07) is 9.57. The molecule has 1 aromatic carbocycles. The Hall–Kier alpha value is -3.46. The average molecular weight is 423 g/mol. The number of aryl methyl sites for hydroxylation is 1. The fourth-order valence-electron chi connectivity index (χ4n) is 2.92. The first kappa shape index (κ1) is 19.8. The molecule has 154 valence electrons. The third kappa shape index (κ3) is 3.97. The molecular formula is C21H22N6O2S. The summed E-state index contributed by atoms with van der Waals surface area (Å²) in [5, 5.41) is 12.9. The summed E-state index contributed by atoms with van der Waals surface area (Å²) in [5.74, 6) is 1.31. The van der Waals surface area contributed by atoms with Gasteiger partial charge < -0.3 is 15.8 Å². The molecule has 0 fully saturated rings. The third-order valence-electron chi connectivity index (χ3n) is 4.21. The fourth-order valence-corrected chi connectivity index (χ4v) is 3.81. The number of nitrogens with two attached hydrogens (primary N) is 1. The number of nitrogens with one attached hydrogen (secondary N) is 2. The van der Waals surface area contributed by atoms with Crippen molar-refractivity contribution >= 4 is 45.5 Å². The van der Waals surface area contributed by atoms with Crippen molar-refractivity contribution in [1.29, 1.82) is 0 Å². The van der Waals surface area contributed by atoms with E-state index in [-0.39, 0.29) is 0 Å². The molecule has 9 heteroatoms. The van der Waals surface area contributed by atoms with Crippen LogP contribution in [0, 0.1) is 6.92 Å². The summed E-state index contributed by atoms with van der Waals surface area (Å²) in [5.41, 5.74) is 7.94. The number of fused-ring (bicyclic) bond motifs is 1. The van der Waals surface area contributed by atoms with Crippen molar-refractivity contribution in [3.63, 3.8) is 0 Å². The highest BCUT2D eigenvalue weighted by Gasteiger charge is 2.24. The smallest absolute Gasteiger partial charge is 0.341 e. The molecule has 30 heavy (non-hydrogen) atoms. The number of carbonyl (C=O) groups excluding carboxylic acids is 1.